The summed E-state index contributed by atoms with van der Waals surface area (Å²) >= 11 is 0. The summed E-state index contributed by atoms with van der Waals surface area (Å²) in [5, 5.41) is 0. The molecule has 20 heavy (non-hydrogen) atoms. The van der Waals surface area contributed by atoms with Gasteiger partial charge in [-0.2, -0.15) is 8.42 Å². The summed E-state index contributed by atoms with van der Waals surface area (Å²) in [4.78, 5) is 4.13. The molecular weight excluding hydrogens is 278 g/mol. The first-order chi connectivity index (χ1) is 9.51. The van der Waals surface area contributed by atoms with Gasteiger partial charge in [-0.1, -0.05) is 17.7 Å². The van der Waals surface area contributed by atoms with Crippen LogP contribution in [0.3, 0.4) is 0 Å². The third kappa shape index (κ3) is 3.55. The number of aryl methyl sites for hydroxylation is 1. The third-order valence-electron chi connectivity index (χ3n) is 2.70. The van der Waals surface area contributed by atoms with E-state index in [0.29, 0.717) is 11.4 Å². The van der Waals surface area contributed by atoms with Gasteiger partial charge in [0.25, 0.3) is 10.1 Å². The largest absolute Gasteiger partial charge is 0.481 e. The van der Waals surface area contributed by atoms with E-state index in [1.54, 1.807) is 24.3 Å². The number of hydrogen-bond acceptors (Lipinski definition) is 5. The predicted octanol–water partition coefficient (Wildman–Crippen LogP) is 2.30. The molecule has 5 nitrogen and oxygen atoms in total. The molecule has 0 saturated carbocycles. The van der Waals surface area contributed by atoms with Gasteiger partial charge in [0.2, 0.25) is 5.88 Å². The molecule has 1 heterocycles. The number of ether oxygens (including phenoxy) is 1. The van der Waals surface area contributed by atoms with Gasteiger partial charge in [0.1, 0.15) is 0 Å². The first-order valence-electron chi connectivity index (χ1n) is 5.96. The van der Waals surface area contributed by atoms with Crippen molar-refractivity contribution in [3.05, 3.63) is 53.7 Å². The van der Waals surface area contributed by atoms with E-state index in [9.17, 15) is 8.42 Å². The number of hydrogen-bond donors (Lipinski definition) is 0. The van der Waals surface area contributed by atoms with E-state index < -0.39 is 10.1 Å². The Bertz CT molecular complexity index is 663. The minimum Gasteiger partial charge on any atom is -0.481 e. The molecule has 0 N–H and O–H groups in total. The number of pyridine rings is 1. The van der Waals surface area contributed by atoms with Gasteiger partial charge in [0.05, 0.1) is 18.6 Å². The maximum absolute atomic E-state index is 12.0. The Kier molecular flexibility index (Phi) is 4.36. The average Bonchev–Trinajstić information content (AvgIpc) is 2.46. The van der Waals surface area contributed by atoms with Crippen molar-refractivity contribution in [1.82, 2.24) is 4.98 Å². The van der Waals surface area contributed by atoms with Crippen LogP contribution in [-0.2, 0) is 20.9 Å². The SMILES string of the molecule is COc1ccc(COS(=O)(=O)c2ccc(C)cc2)cn1. The monoisotopic (exact) mass is 293 g/mol. The zero-order chi connectivity index (χ0) is 14.6. The second-order valence-corrected chi connectivity index (χ2v) is 5.85. The predicted molar refractivity (Wildman–Crippen MR) is 73.9 cm³/mol. The number of methoxy groups -OCH3 is 1. The highest BCUT2D eigenvalue weighted by Gasteiger charge is 2.15. The second kappa shape index (κ2) is 6.02. The Labute approximate surface area is 118 Å². The number of nitrogens with zero attached hydrogens (tertiary/aromatic N) is 1. The molecule has 0 atom stereocenters. The summed E-state index contributed by atoms with van der Waals surface area (Å²) in [6, 6.07) is 9.86. The molecule has 1 aromatic heterocycles. The fraction of sp³-hybridized carbons (Fsp3) is 0.214. The lowest BCUT2D eigenvalue weighted by molar-refractivity contribution is 0.307. The first kappa shape index (κ1) is 14.5. The van der Waals surface area contributed by atoms with Gasteiger partial charge >= 0.3 is 0 Å². The molecule has 0 aliphatic rings. The van der Waals surface area contributed by atoms with Crippen LogP contribution >= 0.6 is 0 Å². The van der Waals surface area contributed by atoms with Gasteiger partial charge in [0.15, 0.2) is 0 Å². The van der Waals surface area contributed by atoms with E-state index in [1.165, 1.54) is 25.4 Å². The molecule has 0 aliphatic carbocycles. The van der Waals surface area contributed by atoms with E-state index in [2.05, 4.69) is 4.98 Å². The van der Waals surface area contributed by atoms with Gasteiger partial charge in [0, 0.05) is 12.3 Å². The zero-order valence-corrected chi connectivity index (χ0v) is 12.1. The second-order valence-electron chi connectivity index (χ2n) is 4.24. The summed E-state index contributed by atoms with van der Waals surface area (Å²) in [5.74, 6) is 0.468. The fourth-order valence-corrected chi connectivity index (χ4v) is 2.43. The molecule has 1 aromatic carbocycles. The van der Waals surface area contributed by atoms with Crippen molar-refractivity contribution in [3.8, 4) is 5.88 Å². The highest BCUT2D eigenvalue weighted by Crippen LogP contribution is 2.15. The molecule has 0 unspecified atom stereocenters. The molecule has 0 amide bonds. The fourth-order valence-electron chi connectivity index (χ4n) is 1.54. The Balaban J connectivity index is 2.06. The highest BCUT2D eigenvalue weighted by molar-refractivity contribution is 7.86. The van der Waals surface area contributed by atoms with Gasteiger partial charge in [-0.3, -0.25) is 4.18 Å². The van der Waals surface area contributed by atoms with E-state index in [0.717, 1.165) is 5.56 Å². The average molecular weight is 293 g/mol. The summed E-state index contributed by atoms with van der Waals surface area (Å²) < 4.78 is 33.9. The summed E-state index contributed by atoms with van der Waals surface area (Å²) in [7, 11) is -2.24. The Morgan fingerprint density at radius 3 is 2.35 bits per heavy atom. The van der Waals surface area contributed by atoms with Crippen molar-refractivity contribution < 1.29 is 17.3 Å². The van der Waals surface area contributed by atoms with Gasteiger partial charge < -0.3 is 4.74 Å². The van der Waals surface area contributed by atoms with Gasteiger partial charge in [-0.25, -0.2) is 4.98 Å². The third-order valence-corrected chi connectivity index (χ3v) is 3.97. The summed E-state index contributed by atoms with van der Waals surface area (Å²) in [6.07, 6.45) is 1.52. The standard InChI is InChI=1S/C14H15NO4S/c1-11-3-6-13(7-4-11)20(16,17)19-10-12-5-8-14(18-2)15-9-12/h3-9H,10H2,1-2H3. The van der Waals surface area contributed by atoms with E-state index >= 15 is 0 Å². The van der Waals surface area contributed by atoms with Crippen LogP contribution in [0, 0.1) is 6.92 Å². The molecule has 6 heteroatoms. The lowest BCUT2D eigenvalue weighted by atomic mass is 10.2. The van der Waals surface area contributed by atoms with Crippen molar-refractivity contribution >= 4 is 10.1 Å². The molecular formula is C14H15NO4S. The van der Waals surface area contributed by atoms with E-state index in [-0.39, 0.29) is 11.5 Å². The van der Waals surface area contributed by atoms with Gasteiger partial charge in [-0.15, -0.1) is 0 Å². The molecule has 0 spiro atoms. The highest BCUT2D eigenvalue weighted by atomic mass is 32.2. The Hall–Kier alpha value is -1.92. The van der Waals surface area contributed by atoms with Crippen LogP contribution in [-0.4, -0.2) is 20.5 Å². The van der Waals surface area contributed by atoms with Crippen molar-refractivity contribution in [3.63, 3.8) is 0 Å². The Morgan fingerprint density at radius 1 is 1.10 bits per heavy atom. The van der Waals surface area contributed by atoms with Gasteiger partial charge in [-0.05, 0) is 30.7 Å². The van der Waals surface area contributed by atoms with Crippen LogP contribution in [0.25, 0.3) is 0 Å². The molecule has 106 valence electrons. The number of benzene rings is 1. The smallest absolute Gasteiger partial charge is 0.297 e. The lowest BCUT2D eigenvalue weighted by Crippen LogP contribution is -2.06. The van der Waals surface area contributed by atoms with Crippen molar-refractivity contribution in [1.29, 1.82) is 0 Å². The molecule has 0 aliphatic heterocycles. The Morgan fingerprint density at radius 2 is 1.80 bits per heavy atom. The van der Waals surface area contributed by atoms with Crippen LogP contribution in [0.4, 0.5) is 0 Å². The van der Waals surface area contributed by atoms with Crippen molar-refractivity contribution in [2.45, 2.75) is 18.4 Å². The van der Waals surface area contributed by atoms with Crippen LogP contribution < -0.4 is 4.74 Å². The topological polar surface area (TPSA) is 65.5 Å². The first-order valence-corrected chi connectivity index (χ1v) is 7.37. The minimum absolute atomic E-state index is 0.0623. The lowest BCUT2D eigenvalue weighted by Gasteiger charge is -2.06. The van der Waals surface area contributed by atoms with Crippen LogP contribution in [0.15, 0.2) is 47.5 Å². The van der Waals surface area contributed by atoms with Crippen LogP contribution in [0.2, 0.25) is 0 Å². The normalized spacial score (nSPS) is 11.3. The molecule has 0 bridgehead atoms. The quantitative estimate of drug-likeness (QED) is 0.791. The zero-order valence-electron chi connectivity index (χ0n) is 11.2. The maximum atomic E-state index is 12.0. The molecule has 0 fully saturated rings. The molecule has 2 rings (SSSR count). The molecule has 0 radical (unpaired) electrons. The maximum Gasteiger partial charge on any atom is 0.297 e. The van der Waals surface area contributed by atoms with Crippen molar-refractivity contribution in [2.75, 3.05) is 7.11 Å². The van der Waals surface area contributed by atoms with Crippen LogP contribution in [0.5, 0.6) is 5.88 Å². The molecule has 2 aromatic rings. The van der Waals surface area contributed by atoms with E-state index in [1.807, 2.05) is 6.92 Å². The minimum atomic E-state index is -3.75. The number of aromatic nitrogens is 1. The van der Waals surface area contributed by atoms with Crippen LogP contribution in [0.1, 0.15) is 11.1 Å². The van der Waals surface area contributed by atoms with Crippen molar-refractivity contribution in [2.24, 2.45) is 0 Å². The molecule has 0 saturated heterocycles. The summed E-state index contributed by atoms with van der Waals surface area (Å²) in [6.45, 7) is 1.83. The van der Waals surface area contributed by atoms with E-state index in [4.69, 9.17) is 8.92 Å². The summed E-state index contributed by atoms with van der Waals surface area (Å²) in [5.41, 5.74) is 1.64. The number of rotatable bonds is 5.